The number of sulfonamides is 1. The molecule has 35 heavy (non-hydrogen) atoms. The molecule has 0 N–H and O–H groups in total. The lowest BCUT2D eigenvalue weighted by molar-refractivity contribution is -0.0498. The van der Waals surface area contributed by atoms with Gasteiger partial charge in [-0.2, -0.15) is 13.1 Å². The molecular formula is C24H27F2N3O4S2. The highest BCUT2D eigenvalue weighted by molar-refractivity contribution is 7.98. The van der Waals surface area contributed by atoms with E-state index in [-0.39, 0.29) is 16.7 Å². The molecule has 0 spiro atoms. The Labute approximate surface area is 207 Å². The van der Waals surface area contributed by atoms with E-state index < -0.39 is 16.6 Å². The van der Waals surface area contributed by atoms with Gasteiger partial charge in [0, 0.05) is 25.4 Å². The van der Waals surface area contributed by atoms with Crippen LogP contribution in [-0.4, -0.2) is 54.7 Å². The maximum atomic E-state index is 13.1. The van der Waals surface area contributed by atoms with Crippen LogP contribution in [-0.2, 0) is 27.1 Å². The highest BCUT2D eigenvalue weighted by Crippen LogP contribution is 2.31. The molecule has 0 amide bonds. The van der Waals surface area contributed by atoms with E-state index in [0.29, 0.717) is 30.9 Å². The van der Waals surface area contributed by atoms with Crippen molar-refractivity contribution in [3.05, 3.63) is 48.0 Å². The Kier molecular flexibility index (Phi) is 7.29. The zero-order valence-corrected chi connectivity index (χ0v) is 20.7. The van der Waals surface area contributed by atoms with E-state index in [1.54, 1.807) is 24.3 Å². The number of nitrogens with zero attached hydrogens (tertiary/aromatic N) is 3. The van der Waals surface area contributed by atoms with Crippen LogP contribution in [0.25, 0.3) is 11.0 Å². The van der Waals surface area contributed by atoms with Crippen LogP contribution in [0.1, 0.15) is 31.2 Å². The lowest BCUT2D eigenvalue weighted by Crippen LogP contribution is -2.27. The zero-order chi connectivity index (χ0) is 24.4. The topological polar surface area (TPSA) is 73.7 Å². The predicted octanol–water partition coefficient (Wildman–Crippen LogP) is 4.89. The number of thioether (sulfide) groups is 1. The Balaban J connectivity index is 1.41. The normalized spacial score (nSPS) is 19.2. The minimum absolute atomic E-state index is 0.0885. The van der Waals surface area contributed by atoms with Crippen LogP contribution in [0.4, 0.5) is 8.78 Å². The number of halogens is 2. The van der Waals surface area contributed by atoms with Crippen molar-refractivity contribution in [1.82, 2.24) is 13.9 Å². The second-order valence-electron chi connectivity index (χ2n) is 8.71. The van der Waals surface area contributed by atoms with Gasteiger partial charge in [0.1, 0.15) is 5.75 Å². The molecule has 2 aliphatic rings. The molecule has 2 saturated heterocycles. The summed E-state index contributed by atoms with van der Waals surface area (Å²) in [5.41, 5.74) is 2.43. The Morgan fingerprint density at radius 2 is 1.89 bits per heavy atom. The Hall–Kier alpha value is -2.21. The number of aromatic nitrogens is 2. The minimum Gasteiger partial charge on any atom is -0.435 e. The maximum Gasteiger partial charge on any atom is 0.387 e. The van der Waals surface area contributed by atoms with E-state index in [4.69, 9.17) is 9.72 Å². The third kappa shape index (κ3) is 5.47. The first-order valence-corrected chi connectivity index (χ1v) is 14.1. The molecule has 1 aromatic heterocycles. The van der Waals surface area contributed by atoms with Gasteiger partial charge in [-0.05, 0) is 61.6 Å². The van der Waals surface area contributed by atoms with Crippen LogP contribution in [0.5, 0.6) is 5.75 Å². The van der Waals surface area contributed by atoms with E-state index in [2.05, 4.69) is 9.30 Å². The Bertz CT molecular complexity index is 1270. The zero-order valence-electron chi connectivity index (χ0n) is 19.1. The molecule has 0 radical (unpaired) electrons. The van der Waals surface area contributed by atoms with Crippen molar-refractivity contribution >= 4 is 32.8 Å². The highest BCUT2D eigenvalue weighted by atomic mass is 32.2. The van der Waals surface area contributed by atoms with Gasteiger partial charge in [0.25, 0.3) is 0 Å². The van der Waals surface area contributed by atoms with Crippen LogP contribution < -0.4 is 4.74 Å². The molecular weight excluding hydrogens is 496 g/mol. The van der Waals surface area contributed by atoms with Gasteiger partial charge in [-0.1, -0.05) is 23.9 Å². The van der Waals surface area contributed by atoms with Gasteiger partial charge in [0.15, 0.2) is 5.16 Å². The van der Waals surface area contributed by atoms with Gasteiger partial charge < -0.3 is 14.0 Å². The molecule has 7 nitrogen and oxygen atoms in total. The number of hydrogen-bond donors (Lipinski definition) is 0. The van der Waals surface area contributed by atoms with Crippen molar-refractivity contribution in [3.63, 3.8) is 0 Å². The Morgan fingerprint density at radius 1 is 1.11 bits per heavy atom. The molecule has 0 aliphatic carbocycles. The largest absolute Gasteiger partial charge is 0.435 e. The van der Waals surface area contributed by atoms with E-state index in [9.17, 15) is 17.2 Å². The average molecular weight is 524 g/mol. The summed E-state index contributed by atoms with van der Waals surface area (Å²) in [7, 11) is -3.54. The number of benzene rings is 2. The third-order valence-electron chi connectivity index (χ3n) is 6.31. The van der Waals surface area contributed by atoms with Gasteiger partial charge >= 0.3 is 6.61 Å². The summed E-state index contributed by atoms with van der Waals surface area (Å²) in [4.78, 5) is 5.05. The SMILES string of the molecule is O=S(=O)(c1ccc2c(c1)nc(SCc1ccc(OC(F)F)cc1)n2C[C@H]1CCCO1)N1CCCC1. The summed E-state index contributed by atoms with van der Waals surface area (Å²) < 4.78 is 64.8. The number of hydrogen-bond acceptors (Lipinski definition) is 6. The first kappa shape index (κ1) is 24.5. The van der Waals surface area contributed by atoms with Gasteiger partial charge in [-0.15, -0.1) is 0 Å². The van der Waals surface area contributed by atoms with Crippen molar-refractivity contribution in [3.8, 4) is 5.75 Å². The van der Waals surface area contributed by atoms with Crippen LogP contribution in [0, 0.1) is 0 Å². The van der Waals surface area contributed by atoms with Crippen LogP contribution in [0.3, 0.4) is 0 Å². The van der Waals surface area contributed by atoms with Gasteiger partial charge in [-0.3, -0.25) is 0 Å². The van der Waals surface area contributed by atoms with Crippen molar-refractivity contribution in [2.24, 2.45) is 0 Å². The van der Waals surface area contributed by atoms with Gasteiger partial charge in [-0.25, -0.2) is 13.4 Å². The standard InChI is InChI=1S/C24H27F2N3O4S2/c25-23(26)33-18-7-5-17(6-8-18)16-34-24-27-21-14-20(35(30,31)28-11-1-2-12-28)9-10-22(21)29(24)15-19-4-3-13-32-19/h5-10,14,19,23H,1-4,11-13,15-16H2/t19-/m1/s1. The predicted molar refractivity (Wildman–Crippen MR) is 129 cm³/mol. The van der Waals surface area contributed by atoms with Crippen LogP contribution in [0.2, 0.25) is 0 Å². The fourth-order valence-corrected chi connectivity index (χ4v) is 7.04. The monoisotopic (exact) mass is 523 g/mol. The van der Waals surface area contributed by atoms with Crippen molar-refractivity contribution in [2.45, 2.75) is 60.7 Å². The lowest BCUT2D eigenvalue weighted by atomic mass is 10.2. The van der Waals surface area contributed by atoms with Gasteiger partial charge in [0.05, 0.1) is 28.6 Å². The second kappa shape index (κ2) is 10.4. The molecule has 1 atom stereocenters. The molecule has 188 valence electrons. The summed E-state index contributed by atoms with van der Waals surface area (Å²) in [6, 6.07) is 11.7. The molecule has 2 fully saturated rings. The first-order valence-electron chi connectivity index (χ1n) is 11.7. The first-order chi connectivity index (χ1) is 16.9. The second-order valence-corrected chi connectivity index (χ2v) is 11.6. The van der Waals surface area contributed by atoms with E-state index in [1.165, 1.54) is 28.2 Å². The van der Waals surface area contributed by atoms with Crippen LogP contribution >= 0.6 is 11.8 Å². The van der Waals surface area contributed by atoms with Crippen LogP contribution in [0.15, 0.2) is 52.5 Å². The highest BCUT2D eigenvalue weighted by Gasteiger charge is 2.28. The number of ether oxygens (including phenoxy) is 2. The maximum absolute atomic E-state index is 13.1. The molecule has 11 heteroatoms. The molecule has 5 rings (SSSR count). The quantitative estimate of drug-likeness (QED) is 0.372. The number of alkyl halides is 2. The van der Waals surface area contributed by atoms with Crippen molar-refractivity contribution in [1.29, 1.82) is 0 Å². The van der Waals surface area contributed by atoms with E-state index >= 15 is 0 Å². The molecule has 2 aliphatic heterocycles. The van der Waals surface area contributed by atoms with Crippen molar-refractivity contribution in [2.75, 3.05) is 19.7 Å². The summed E-state index contributed by atoms with van der Waals surface area (Å²) >= 11 is 1.52. The van der Waals surface area contributed by atoms with E-state index in [0.717, 1.165) is 48.5 Å². The molecule has 0 bridgehead atoms. The third-order valence-corrected chi connectivity index (χ3v) is 9.26. The summed E-state index contributed by atoms with van der Waals surface area (Å²) in [6.07, 6.45) is 3.84. The molecule has 3 aromatic rings. The Morgan fingerprint density at radius 3 is 2.57 bits per heavy atom. The minimum atomic E-state index is -3.54. The summed E-state index contributed by atoms with van der Waals surface area (Å²) in [6.45, 7) is -0.373. The molecule has 3 heterocycles. The summed E-state index contributed by atoms with van der Waals surface area (Å²) in [5, 5.41) is 0.763. The fraction of sp³-hybridized carbons (Fsp3) is 0.458. The van der Waals surface area contributed by atoms with Gasteiger partial charge in [0.2, 0.25) is 10.0 Å². The van der Waals surface area contributed by atoms with Crippen molar-refractivity contribution < 1.29 is 26.7 Å². The number of imidazole rings is 1. The molecule has 0 saturated carbocycles. The fourth-order valence-electron chi connectivity index (χ4n) is 4.52. The smallest absolute Gasteiger partial charge is 0.387 e. The number of rotatable bonds is 9. The van der Waals surface area contributed by atoms with E-state index in [1.807, 2.05) is 6.07 Å². The number of fused-ring (bicyclic) bond motifs is 1. The average Bonchev–Trinajstić information content (AvgIpc) is 3.61. The lowest BCUT2D eigenvalue weighted by Gasteiger charge is -2.16. The molecule has 2 aromatic carbocycles. The molecule has 0 unspecified atom stereocenters. The summed E-state index contributed by atoms with van der Waals surface area (Å²) in [5.74, 6) is 0.689.